The average molecular weight is 256 g/mol. The number of hydrogen-bond acceptors (Lipinski definition) is 3. The Balaban J connectivity index is 1.59. The van der Waals surface area contributed by atoms with Gasteiger partial charge in [-0.2, -0.15) is 5.10 Å². The first-order valence-corrected chi connectivity index (χ1v) is 6.46. The van der Waals surface area contributed by atoms with E-state index in [1.54, 1.807) is 17.1 Å². The molecule has 2 aromatic rings. The molecule has 0 spiro atoms. The first-order valence-electron chi connectivity index (χ1n) is 6.46. The zero-order chi connectivity index (χ0) is 13.2. The molecule has 98 valence electrons. The predicted octanol–water partition coefficient (Wildman–Crippen LogP) is 1.54. The molecule has 2 heterocycles. The summed E-state index contributed by atoms with van der Waals surface area (Å²) in [4.78, 5) is 16.0. The van der Waals surface area contributed by atoms with Crippen molar-refractivity contribution in [1.29, 1.82) is 0 Å². The minimum atomic E-state index is 0.156. The molecule has 0 radical (unpaired) electrons. The molecule has 0 bridgehead atoms. The van der Waals surface area contributed by atoms with Crippen LogP contribution in [0.4, 0.5) is 0 Å². The maximum atomic E-state index is 11.7. The SMILES string of the molecule is C[C@@H]1C[C@@H]1C(=O)NCc1ccc(-n2cccn2)nc1. The molecule has 2 aromatic heterocycles. The Morgan fingerprint density at radius 1 is 1.53 bits per heavy atom. The highest BCUT2D eigenvalue weighted by Gasteiger charge is 2.38. The number of hydrogen-bond donors (Lipinski definition) is 1. The maximum absolute atomic E-state index is 11.7. The third-order valence-electron chi connectivity index (χ3n) is 3.46. The highest BCUT2D eigenvalue weighted by Crippen LogP contribution is 2.37. The van der Waals surface area contributed by atoms with Crippen LogP contribution >= 0.6 is 0 Å². The summed E-state index contributed by atoms with van der Waals surface area (Å²) in [5, 5.41) is 7.06. The van der Waals surface area contributed by atoms with Crippen LogP contribution in [0.3, 0.4) is 0 Å². The van der Waals surface area contributed by atoms with E-state index in [9.17, 15) is 4.79 Å². The lowest BCUT2D eigenvalue weighted by Crippen LogP contribution is -2.24. The smallest absolute Gasteiger partial charge is 0.223 e. The number of amides is 1. The van der Waals surface area contributed by atoms with Crippen LogP contribution in [-0.4, -0.2) is 20.7 Å². The molecule has 1 aliphatic carbocycles. The molecule has 2 atom stereocenters. The van der Waals surface area contributed by atoms with Crippen molar-refractivity contribution in [2.45, 2.75) is 19.9 Å². The molecule has 3 rings (SSSR count). The third-order valence-corrected chi connectivity index (χ3v) is 3.46. The topological polar surface area (TPSA) is 59.8 Å². The van der Waals surface area contributed by atoms with Crippen LogP contribution in [-0.2, 0) is 11.3 Å². The first kappa shape index (κ1) is 11.9. The fraction of sp³-hybridized carbons (Fsp3) is 0.357. The Kier molecular flexibility index (Phi) is 3.03. The molecule has 1 aliphatic rings. The van der Waals surface area contributed by atoms with E-state index in [-0.39, 0.29) is 11.8 Å². The molecule has 0 aliphatic heterocycles. The summed E-state index contributed by atoms with van der Waals surface area (Å²) in [7, 11) is 0. The number of carbonyl (C=O) groups is 1. The van der Waals surface area contributed by atoms with Gasteiger partial charge in [0, 0.05) is 31.1 Å². The zero-order valence-electron chi connectivity index (χ0n) is 10.8. The molecule has 1 N–H and O–H groups in total. The summed E-state index contributed by atoms with van der Waals surface area (Å²) in [6.45, 7) is 2.64. The average Bonchev–Trinajstić information content (AvgIpc) is 2.94. The second-order valence-corrected chi connectivity index (χ2v) is 5.01. The summed E-state index contributed by atoms with van der Waals surface area (Å²) in [5.74, 6) is 1.69. The third kappa shape index (κ3) is 2.65. The van der Waals surface area contributed by atoms with E-state index in [4.69, 9.17) is 0 Å². The summed E-state index contributed by atoms with van der Waals surface area (Å²) in [6, 6.07) is 5.71. The second kappa shape index (κ2) is 4.84. The number of aromatic nitrogens is 3. The van der Waals surface area contributed by atoms with Gasteiger partial charge in [0.2, 0.25) is 5.91 Å². The van der Waals surface area contributed by atoms with Crippen molar-refractivity contribution in [2.24, 2.45) is 11.8 Å². The molecule has 1 fully saturated rings. The number of carbonyl (C=O) groups excluding carboxylic acids is 1. The fourth-order valence-electron chi connectivity index (χ4n) is 2.07. The van der Waals surface area contributed by atoms with E-state index in [1.165, 1.54) is 0 Å². The van der Waals surface area contributed by atoms with E-state index in [2.05, 4.69) is 22.3 Å². The number of rotatable bonds is 4. The van der Waals surface area contributed by atoms with Gasteiger partial charge in [-0.05, 0) is 30.0 Å². The number of pyridine rings is 1. The van der Waals surface area contributed by atoms with Crippen molar-refractivity contribution in [1.82, 2.24) is 20.1 Å². The van der Waals surface area contributed by atoms with Crippen LogP contribution < -0.4 is 5.32 Å². The summed E-state index contributed by atoms with van der Waals surface area (Å²) in [5.41, 5.74) is 0.998. The summed E-state index contributed by atoms with van der Waals surface area (Å²) < 4.78 is 1.70. The maximum Gasteiger partial charge on any atom is 0.223 e. The van der Waals surface area contributed by atoms with Crippen LogP contribution in [0.2, 0.25) is 0 Å². The van der Waals surface area contributed by atoms with Gasteiger partial charge in [0.25, 0.3) is 0 Å². The molecule has 19 heavy (non-hydrogen) atoms. The molecular formula is C14H16N4O. The largest absolute Gasteiger partial charge is 0.352 e. The van der Waals surface area contributed by atoms with Crippen LogP contribution in [0.15, 0.2) is 36.8 Å². The van der Waals surface area contributed by atoms with Crippen LogP contribution in [0.25, 0.3) is 5.82 Å². The lowest BCUT2D eigenvalue weighted by Gasteiger charge is -2.05. The monoisotopic (exact) mass is 256 g/mol. The van der Waals surface area contributed by atoms with Crippen molar-refractivity contribution in [3.63, 3.8) is 0 Å². The van der Waals surface area contributed by atoms with Gasteiger partial charge in [-0.3, -0.25) is 4.79 Å². The number of nitrogens with one attached hydrogen (secondary N) is 1. The molecule has 1 amide bonds. The van der Waals surface area contributed by atoms with Crippen molar-refractivity contribution in [3.8, 4) is 5.82 Å². The molecule has 1 saturated carbocycles. The summed E-state index contributed by atoms with van der Waals surface area (Å²) in [6.07, 6.45) is 6.35. The zero-order valence-corrected chi connectivity index (χ0v) is 10.8. The molecule has 5 nitrogen and oxygen atoms in total. The fourth-order valence-corrected chi connectivity index (χ4v) is 2.07. The van der Waals surface area contributed by atoms with Gasteiger partial charge in [0.15, 0.2) is 5.82 Å². The minimum absolute atomic E-state index is 0.156. The Morgan fingerprint density at radius 3 is 2.95 bits per heavy atom. The molecule has 5 heteroatoms. The summed E-state index contributed by atoms with van der Waals surface area (Å²) >= 11 is 0. The van der Waals surface area contributed by atoms with E-state index in [1.807, 2.05) is 24.4 Å². The lowest BCUT2D eigenvalue weighted by atomic mass is 10.2. The van der Waals surface area contributed by atoms with Gasteiger partial charge >= 0.3 is 0 Å². The molecule has 0 unspecified atom stereocenters. The second-order valence-electron chi connectivity index (χ2n) is 5.01. The standard InChI is InChI=1S/C14H16N4O/c1-10-7-12(10)14(19)16-9-11-3-4-13(15-8-11)18-6-2-5-17-18/h2-6,8,10,12H,7,9H2,1H3,(H,16,19)/t10-,12+/m1/s1. The predicted molar refractivity (Wildman–Crippen MR) is 70.5 cm³/mol. The van der Waals surface area contributed by atoms with E-state index < -0.39 is 0 Å². The first-order chi connectivity index (χ1) is 9.24. The van der Waals surface area contributed by atoms with Crippen LogP contribution in [0.5, 0.6) is 0 Å². The molecule has 0 saturated heterocycles. The van der Waals surface area contributed by atoms with Gasteiger partial charge in [-0.25, -0.2) is 9.67 Å². The van der Waals surface area contributed by atoms with Crippen molar-refractivity contribution < 1.29 is 4.79 Å². The molecular weight excluding hydrogens is 240 g/mol. The van der Waals surface area contributed by atoms with Crippen molar-refractivity contribution >= 4 is 5.91 Å². The Hall–Kier alpha value is -2.17. The van der Waals surface area contributed by atoms with Crippen molar-refractivity contribution in [2.75, 3.05) is 0 Å². The lowest BCUT2D eigenvalue weighted by molar-refractivity contribution is -0.122. The van der Waals surface area contributed by atoms with Crippen LogP contribution in [0, 0.1) is 11.8 Å². The Bertz CT molecular complexity index is 562. The van der Waals surface area contributed by atoms with Crippen LogP contribution in [0.1, 0.15) is 18.9 Å². The Morgan fingerprint density at radius 2 is 2.37 bits per heavy atom. The normalized spacial score (nSPS) is 21.1. The van der Waals surface area contributed by atoms with E-state index >= 15 is 0 Å². The van der Waals surface area contributed by atoms with E-state index in [0.717, 1.165) is 17.8 Å². The van der Waals surface area contributed by atoms with Gasteiger partial charge in [-0.15, -0.1) is 0 Å². The van der Waals surface area contributed by atoms with Crippen molar-refractivity contribution in [3.05, 3.63) is 42.4 Å². The van der Waals surface area contributed by atoms with Gasteiger partial charge in [0.1, 0.15) is 0 Å². The number of nitrogens with zero attached hydrogens (tertiary/aromatic N) is 3. The van der Waals surface area contributed by atoms with Gasteiger partial charge in [-0.1, -0.05) is 13.0 Å². The van der Waals surface area contributed by atoms with E-state index in [0.29, 0.717) is 12.5 Å². The quantitative estimate of drug-likeness (QED) is 0.902. The highest BCUT2D eigenvalue weighted by molar-refractivity contribution is 5.81. The van der Waals surface area contributed by atoms with Gasteiger partial charge < -0.3 is 5.32 Å². The Labute approximate surface area is 111 Å². The molecule has 0 aromatic carbocycles. The minimum Gasteiger partial charge on any atom is -0.352 e. The highest BCUT2D eigenvalue weighted by atomic mass is 16.2. The van der Waals surface area contributed by atoms with Gasteiger partial charge in [0.05, 0.1) is 0 Å².